The number of nitrogens with one attached hydrogen (secondary N) is 1. The molecule has 1 fully saturated rings. The molecule has 0 atom stereocenters. The Balaban J connectivity index is 1.34. The quantitative estimate of drug-likeness (QED) is 0.378. The van der Waals surface area contributed by atoms with Crippen molar-refractivity contribution >= 4 is 29.8 Å². The van der Waals surface area contributed by atoms with Crippen molar-refractivity contribution < 1.29 is 19.1 Å². The van der Waals surface area contributed by atoms with Crippen LogP contribution < -0.4 is 10.2 Å². The van der Waals surface area contributed by atoms with Crippen molar-refractivity contribution in [3.8, 4) is 5.75 Å². The number of morpholine rings is 1. The van der Waals surface area contributed by atoms with Gasteiger partial charge in [0.2, 0.25) is 5.91 Å². The van der Waals surface area contributed by atoms with Crippen LogP contribution in [0.3, 0.4) is 0 Å². The topological polar surface area (TPSA) is 80.2 Å². The second-order valence-corrected chi connectivity index (χ2v) is 7.72. The number of carbonyl (C=O) groups is 2. The fourth-order valence-corrected chi connectivity index (χ4v) is 3.58. The summed E-state index contributed by atoms with van der Waals surface area (Å²) in [4.78, 5) is 26.8. The van der Waals surface area contributed by atoms with E-state index >= 15 is 0 Å². The maximum absolute atomic E-state index is 12.1. The van der Waals surface area contributed by atoms with Gasteiger partial charge in [0.25, 0.3) is 5.91 Å². The third-order valence-electron chi connectivity index (χ3n) is 4.35. The van der Waals surface area contributed by atoms with Gasteiger partial charge >= 0.3 is 0 Å². The number of hydrogen-bond acceptors (Lipinski definition) is 6. The monoisotopic (exact) mass is 427 g/mol. The molecule has 1 heterocycles. The first-order chi connectivity index (χ1) is 14.7. The van der Waals surface area contributed by atoms with Gasteiger partial charge in [-0.2, -0.15) is 5.10 Å². The van der Waals surface area contributed by atoms with Crippen molar-refractivity contribution in [1.82, 2.24) is 10.3 Å². The number of hydrazone groups is 1. The Morgan fingerprint density at radius 3 is 2.57 bits per heavy atom. The molecule has 1 N–H and O–H groups in total. The molecule has 0 saturated carbocycles. The number of ether oxygens (including phenoxy) is 2. The SMILES string of the molecule is O=C(CCSc1ccccc1)N/N=C/c1ccc(OCC(=O)N2CCOCC2)cc1. The molecular formula is C22H25N3O4S. The third-order valence-corrected chi connectivity index (χ3v) is 5.36. The molecule has 30 heavy (non-hydrogen) atoms. The van der Waals surface area contributed by atoms with Crippen LogP contribution in [0.25, 0.3) is 0 Å². The van der Waals surface area contributed by atoms with Gasteiger partial charge in [0.15, 0.2) is 6.61 Å². The second kappa shape index (κ2) is 12.0. The zero-order valence-corrected chi connectivity index (χ0v) is 17.5. The van der Waals surface area contributed by atoms with E-state index in [1.54, 1.807) is 35.0 Å². The van der Waals surface area contributed by atoms with Crippen LogP contribution in [-0.2, 0) is 14.3 Å². The smallest absolute Gasteiger partial charge is 0.260 e. The molecule has 1 saturated heterocycles. The summed E-state index contributed by atoms with van der Waals surface area (Å²) in [5, 5.41) is 3.99. The predicted octanol–water partition coefficient (Wildman–Crippen LogP) is 2.56. The summed E-state index contributed by atoms with van der Waals surface area (Å²) in [6, 6.07) is 17.1. The largest absolute Gasteiger partial charge is 0.484 e. The molecule has 7 nitrogen and oxygen atoms in total. The molecular weight excluding hydrogens is 402 g/mol. The van der Waals surface area contributed by atoms with Crippen molar-refractivity contribution in [3.63, 3.8) is 0 Å². The minimum Gasteiger partial charge on any atom is -0.484 e. The van der Waals surface area contributed by atoms with Crippen LogP contribution in [0, 0.1) is 0 Å². The summed E-state index contributed by atoms with van der Waals surface area (Å²) < 4.78 is 10.8. The van der Waals surface area contributed by atoms with E-state index in [4.69, 9.17) is 9.47 Å². The molecule has 2 aromatic rings. The highest BCUT2D eigenvalue weighted by Crippen LogP contribution is 2.17. The van der Waals surface area contributed by atoms with Crippen LogP contribution in [0.2, 0.25) is 0 Å². The first-order valence-corrected chi connectivity index (χ1v) is 10.8. The summed E-state index contributed by atoms with van der Waals surface area (Å²) in [6.45, 7) is 2.36. The van der Waals surface area contributed by atoms with E-state index in [-0.39, 0.29) is 18.4 Å². The molecule has 2 aromatic carbocycles. The molecule has 0 bridgehead atoms. The van der Waals surface area contributed by atoms with Crippen LogP contribution in [0.15, 0.2) is 64.6 Å². The number of rotatable bonds is 9. The van der Waals surface area contributed by atoms with Crippen LogP contribution in [0.1, 0.15) is 12.0 Å². The summed E-state index contributed by atoms with van der Waals surface area (Å²) in [5.74, 6) is 1.13. The van der Waals surface area contributed by atoms with Crippen molar-refractivity contribution in [2.75, 3.05) is 38.7 Å². The Kier molecular flexibility index (Phi) is 8.74. The summed E-state index contributed by atoms with van der Waals surface area (Å²) in [7, 11) is 0. The standard InChI is InChI=1S/C22H25N3O4S/c26-21(10-15-30-20-4-2-1-3-5-20)24-23-16-18-6-8-19(9-7-18)29-17-22(27)25-11-13-28-14-12-25/h1-9,16H,10-15,17H2,(H,24,26)/b23-16+. The highest BCUT2D eigenvalue weighted by molar-refractivity contribution is 7.99. The first kappa shape index (κ1) is 21.9. The Morgan fingerprint density at radius 2 is 1.83 bits per heavy atom. The van der Waals surface area contributed by atoms with Crippen LogP contribution >= 0.6 is 11.8 Å². The summed E-state index contributed by atoms with van der Waals surface area (Å²) in [5.41, 5.74) is 3.35. The highest BCUT2D eigenvalue weighted by atomic mass is 32.2. The Morgan fingerprint density at radius 1 is 1.10 bits per heavy atom. The van der Waals surface area contributed by atoms with Gasteiger partial charge in [-0.3, -0.25) is 9.59 Å². The van der Waals surface area contributed by atoms with E-state index in [0.29, 0.717) is 44.2 Å². The molecule has 158 valence electrons. The molecule has 1 aliphatic heterocycles. The molecule has 0 aromatic heterocycles. The molecule has 2 amide bonds. The lowest BCUT2D eigenvalue weighted by Crippen LogP contribution is -2.42. The average Bonchev–Trinajstić information content (AvgIpc) is 2.79. The lowest BCUT2D eigenvalue weighted by molar-refractivity contribution is -0.137. The van der Waals surface area contributed by atoms with E-state index < -0.39 is 0 Å². The van der Waals surface area contributed by atoms with Crippen LogP contribution in [-0.4, -0.2) is 61.6 Å². The minimum absolute atomic E-state index is 0.00445. The van der Waals surface area contributed by atoms with Gasteiger partial charge in [0.05, 0.1) is 19.4 Å². The first-order valence-electron chi connectivity index (χ1n) is 9.79. The fourth-order valence-electron chi connectivity index (χ4n) is 2.71. The van der Waals surface area contributed by atoms with Gasteiger partial charge in [-0.05, 0) is 42.0 Å². The number of hydrogen-bond donors (Lipinski definition) is 1. The van der Waals surface area contributed by atoms with Gasteiger partial charge in [-0.15, -0.1) is 11.8 Å². The average molecular weight is 428 g/mol. The molecule has 1 aliphatic rings. The number of nitrogens with zero attached hydrogens (tertiary/aromatic N) is 2. The van der Waals surface area contributed by atoms with Gasteiger partial charge in [0, 0.05) is 30.2 Å². The van der Waals surface area contributed by atoms with Gasteiger partial charge in [0.1, 0.15) is 5.75 Å². The zero-order chi connectivity index (χ0) is 21.0. The Labute approximate surface area is 180 Å². The molecule has 8 heteroatoms. The van der Waals surface area contributed by atoms with Gasteiger partial charge < -0.3 is 14.4 Å². The number of carbonyl (C=O) groups excluding carboxylic acids is 2. The van der Waals surface area contributed by atoms with Crippen molar-refractivity contribution in [1.29, 1.82) is 0 Å². The maximum atomic E-state index is 12.1. The highest BCUT2D eigenvalue weighted by Gasteiger charge is 2.17. The van der Waals surface area contributed by atoms with Crippen molar-refractivity contribution in [2.24, 2.45) is 5.10 Å². The number of amides is 2. The predicted molar refractivity (Wildman–Crippen MR) is 117 cm³/mol. The molecule has 0 spiro atoms. The third kappa shape index (κ3) is 7.53. The molecule has 0 unspecified atom stereocenters. The Bertz CT molecular complexity index is 837. The maximum Gasteiger partial charge on any atom is 0.260 e. The molecule has 3 rings (SSSR count). The van der Waals surface area contributed by atoms with Gasteiger partial charge in [-0.1, -0.05) is 18.2 Å². The zero-order valence-electron chi connectivity index (χ0n) is 16.7. The fraction of sp³-hybridized carbons (Fsp3) is 0.318. The van der Waals surface area contributed by atoms with E-state index in [1.807, 2.05) is 42.5 Å². The number of thioether (sulfide) groups is 1. The van der Waals surface area contributed by atoms with Gasteiger partial charge in [-0.25, -0.2) is 5.43 Å². The van der Waals surface area contributed by atoms with E-state index in [0.717, 1.165) is 10.5 Å². The van der Waals surface area contributed by atoms with E-state index in [1.165, 1.54) is 0 Å². The lowest BCUT2D eigenvalue weighted by atomic mass is 10.2. The van der Waals surface area contributed by atoms with Crippen LogP contribution in [0.5, 0.6) is 5.75 Å². The van der Waals surface area contributed by atoms with E-state index in [9.17, 15) is 9.59 Å². The summed E-state index contributed by atoms with van der Waals surface area (Å²) in [6.07, 6.45) is 1.96. The van der Waals surface area contributed by atoms with Crippen LogP contribution in [0.4, 0.5) is 0 Å². The lowest BCUT2D eigenvalue weighted by Gasteiger charge is -2.26. The number of benzene rings is 2. The minimum atomic E-state index is -0.128. The Hall–Kier alpha value is -2.84. The second-order valence-electron chi connectivity index (χ2n) is 6.56. The normalized spacial score (nSPS) is 13.9. The molecule has 0 aliphatic carbocycles. The molecule has 0 radical (unpaired) electrons. The van der Waals surface area contributed by atoms with Crippen molar-refractivity contribution in [3.05, 3.63) is 60.2 Å². The summed E-state index contributed by atoms with van der Waals surface area (Å²) >= 11 is 1.64. The van der Waals surface area contributed by atoms with E-state index in [2.05, 4.69) is 10.5 Å². The van der Waals surface area contributed by atoms with Crippen molar-refractivity contribution in [2.45, 2.75) is 11.3 Å².